The molecule has 0 saturated carbocycles. The van der Waals surface area contributed by atoms with E-state index < -0.39 is 0 Å². The van der Waals surface area contributed by atoms with Crippen LogP contribution >= 0.6 is 0 Å². The zero-order chi connectivity index (χ0) is 11.7. The summed E-state index contributed by atoms with van der Waals surface area (Å²) < 4.78 is 5.10. The average Bonchev–Trinajstić information content (AvgIpc) is 2.28. The number of amides is 1. The number of benzene rings is 1. The predicted molar refractivity (Wildman–Crippen MR) is 63.7 cm³/mol. The largest absolute Gasteiger partial charge is 0.495 e. The van der Waals surface area contributed by atoms with E-state index in [2.05, 4.69) is 10.6 Å². The maximum Gasteiger partial charge on any atom is 0.246 e. The first kappa shape index (κ1) is 10.6. The molecule has 4 N–H and O–H groups in total. The molecular weight excluding hydrogens is 206 g/mol. The molecule has 0 bridgehead atoms. The Bertz CT molecular complexity index is 431. The molecule has 1 aliphatic rings. The molecule has 1 aromatic rings. The lowest BCUT2D eigenvalue weighted by molar-refractivity contribution is -0.117. The van der Waals surface area contributed by atoms with Gasteiger partial charge in [-0.05, 0) is 12.5 Å². The summed E-state index contributed by atoms with van der Waals surface area (Å²) in [6.45, 7) is 1.95. The summed E-state index contributed by atoms with van der Waals surface area (Å²) in [4.78, 5) is 11.6. The fraction of sp³-hybridized carbons (Fsp3) is 0.364. The van der Waals surface area contributed by atoms with Gasteiger partial charge in [-0.15, -0.1) is 0 Å². The number of hydrogen-bond donors (Lipinski definition) is 3. The molecule has 0 radical (unpaired) electrons. The molecule has 5 heteroatoms. The van der Waals surface area contributed by atoms with Crippen molar-refractivity contribution in [2.75, 3.05) is 23.5 Å². The highest BCUT2D eigenvalue weighted by Crippen LogP contribution is 2.35. The van der Waals surface area contributed by atoms with E-state index in [1.165, 1.54) is 0 Å². The van der Waals surface area contributed by atoms with Crippen LogP contribution in [0.25, 0.3) is 0 Å². The number of carbonyl (C=O) groups is 1. The second kappa shape index (κ2) is 3.92. The molecule has 16 heavy (non-hydrogen) atoms. The number of nitrogens with one attached hydrogen (secondary N) is 2. The number of nitrogen functional groups attached to an aromatic ring is 1. The number of hydrogen-bond acceptors (Lipinski definition) is 4. The van der Waals surface area contributed by atoms with Crippen LogP contribution in [0.4, 0.5) is 17.1 Å². The van der Waals surface area contributed by atoms with Gasteiger partial charge in [0.1, 0.15) is 11.8 Å². The third kappa shape index (κ3) is 1.64. The highest BCUT2D eigenvalue weighted by atomic mass is 16.5. The minimum Gasteiger partial charge on any atom is -0.495 e. The molecule has 0 saturated heterocycles. The molecule has 1 unspecified atom stereocenters. The molecule has 1 atom stereocenters. The maximum absolute atomic E-state index is 11.6. The van der Waals surface area contributed by atoms with Crippen molar-refractivity contribution in [1.29, 1.82) is 0 Å². The second-order valence-corrected chi connectivity index (χ2v) is 3.73. The van der Waals surface area contributed by atoms with E-state index in [4.69, 9.17) is 10.5 Å². The van der Waals surface area contributed by atoms with Crippen LogP contribution < -0.4 is 21.1 Å². The van der Waals surface area contributed by atoms with Gasteiger partial charge in [-0.25, -0.2) is 0 Å². The van der Waals surface area contributed by atoms with Crippen molar-refractivity contribution >= 4 is 23.0 Å². The Morgan fingerprint density at radius 3 is 2.81 bits per heavy atom. The van der Waals surface area contributed by atoms with Crippen LogP contribution in [0.5, 0.6) is 5.75 Å². The first-order chi connectivity index (χ1) is 7.65. The summed E-state index contributed by atoms with van der Waals surface area (Å²) in [6.07, 6.45) is 0.733. The van der Waals surface area contributed by atoms with Crippen LogP contribution in [0, 0.1) is 0 Å². The van der Waals surface area contributed by atoms with Crippen molar-refractivity contribution in [3.05, 3.63) is 12.1 Å². The number of carbonyl (C=O) groups excluding carboxylic acids is 1. The van der Waals surface area contributed by atoms with Crippen LogP contribution in [0.2, 0.25) is 0 Å². The van der Waals surface area contributed by atoms with Gasteiger partial charge in [-0.3, -0.25) is 4.79 Å². The van der Waals surface area contributed by atoms with Gasteiger partial charge in [0.2, 0.25) is 5.91 Å². The van der Waals surface area contributed by atoms with Crippen LogP contribution in [-0.2, 0) is 4.79 Å². The maximum atomic E-state index is 11.6. The van der Waals surface area contributed by atoms with Crippen LogP contribution in [0.15, 0.2) is 12.1 Å². The molecule has 0 aliphatic carbocycles. The Balaban J connectivity index is 2.40. The Kier molecular flexibility index (Phi) is 2.60. The minimum absolute atomic E-state index is 0.0261. The average molecular weight is 221 g/mol. The van der Waals surface area contributed by atoms with Gasteiger partial charge >= 0.3 is 0 Å². The van der Waals surface area contributed by atoms with E-state index in [1.807, 2.05) is 6.92 Å². The van der Waals surface area contributed by atoms with E-state index in [1.54, 1.807) is 19.2 Å². The lowest BCUT2D eigenvalue weighted by Crippen LogP contribution is -2.38. The number of nitrogens with two attached hydrogens (primary N) is 1. The third-order valence-electron chi connectivity index (χ3n) is 2.68. The van der Waals surface area contributed by atoms with E-state index in [9.17, 15) is 4.79 Å². The summed E-state index contributed by atoms with van der Waals surface area (Å²) in [5.41, 5.74) is 7.90. The van der Waals surface area contributed by atoms with Gasteiger partial charge in [0.15, 0.2) is 0 Å². The number of rotatable bonds is 2. The zero-order valence-corrected chi connectivity index (χ0v) is 9.33. The van der Waals surface area contributed by atoms with Crippen molar-refractivity contribution in [3.63, 3.8) is 0 Å². The number of fused-ring (bicyclic) bond motifs is 1. The summed E-state index contributed by atoms with van der Waals surface area (Å²) in [7, 11) is 1.55. The molecule has 1 aromatic carbocycles. The van der Waals surface area contributed by atoms with E-state index >= 15 is 0 Å². The number of methoxy groups -OCH3 is 1. The highest BCUT2D eigenvalue weighted by Gasteiger charge is 2.24. The first-order valence-corrected chi connectivity index (χ1v) is 5.20. The van der Waals surface area contributed by atoms with Crippen molar-refractivity contribution in [3.8, 4) is 5.75 Å². The topological polar surface area (TPSA) is 76.4 Å². The zero-order valence-electron chi connectivity index (χ0n) is 9.33. The Morgan fingerprint density at radius 2 is 2.19 bits per heavy atom. The summed E-state index contributed by atoms with van der Waals surface area (Å²) >= 11 is 0. The molecule has 0 aromatic heterocycles. The Hall–Kier alpha value is -1.91. The van der Waals surface area contributed by atoms with Crippen molar-refractivity contribution in [1.82, 2.24) is 0 Å². The molecule has 0 fully saturated rings. The smallest absolute Gasteiger partial charge is 0.246 e. The minimum atomic E-state index is -0.194. The van der Waals surface area contributed by atoms with Crippen molar-refractivity contribution in [2.24, 2.45) is 0 Å². The van der Waals surface area contributed by atoms with E-state index in [0.29, 0.717) is 17.1 Å². The number of ether oxygens (including phenoxy) is 1. The van der Waals surface area contributed by atoms with Gasteiger partial charge in [-0.2, -0.15) is 0 Å². The summed E-state index contributed by atoms with van der Waals surface area (Å²) in [6, 6.07) is 3.30. The standard InChI is InChI=1S/C11H15N3O2/c1-3-7-11(15)14-9-5-10(16-2)6(12)4-8(9)13-7/h4-5,7,13H,3,12H2,1-2H3,(H,14,15). The predicted octanol–water partition coefficient (Wildman–Crippen LogP) is 1.42. The third-order valence-corrected chi connectivity index (χ3v) is 2.68. The molecule has 0 spiro atoms. The van der Waals surface area contributed by atoms with Gasteiger partial charge in [-0.1, -0.05) is 6.92 Å². The monoisotopic (exact) mass is 221 g/mol. The molecule has 1 amide bonds. The molecular formula is C11H15N3O2. The summed E-state index contributed by atoms with van der Waals surface area (Å²) in [5, 5.41) is 5.97. The summed E-state index contributed by atoms with van der Waals surface area (Å²) in [5.74, 6) is 0.539. The fourth-order valence-electron chi connectivity index (χ4n) is 1.76. The van der Waals surface area contributed by atoms with Crippen molar-refractivity contribution < 1.29 is 9.53 Å². The van der Waals surface area contributed by atoms with E-state index in [0.717, 1.165) is 12.1 Å². The lowest BCUT2D eigenvalue weighted by atomic mass is 10.1. The highest BCUT2D eigenvalue weighted by molar-refractivity contribution is 6.03. The normalized spacial score (nSPS) is 18.4. The number of anilines is 3. The first-order valence-electron chi connectivity index (χ1n) is 5.20. The van der Waals surface area contributed by atoms with Gasteiger partial charge in [0, 0.05) is 6.07 Å². The quantitative estimate of drug-likeness (QED) is 0.660. The van der Waals surface area contributed by atoms with Gasteiger partial charge in [0.25, 0.3) is 0 Å². The molecule has 2 rings (SSSR count). The SMILES string of the molecule is CCC1Nc2cc(N)c(OC)cc2NC1=O. The van der Waals surface area contributed by atoms with Crippen molar-refractivity contribution in [2.45, 2.75) is 19.4 Å². The molecule has 86 valence electrons. The fourth-order valence-corrected chi connectivity index (χ4v) is 1.76. The van der Waals surface area contributed by atoms with Gasteiger partial charge in [0.05, 0.1) is 24.2 Å². The molecule has 1 aliphatic heterocycles. The Labute approximate surface area is 94.0 Å². The van der Waals surface area contributed by atoms with Crippen LogP contribution in [0.1, 0.15) is 13.3 Å². The van der Waals surface area contributed by atoms with Crippen LogP contribution in [0.3, 0.4) is 0 Å². The van der Waals surface area contributed by atoms with Crippen LogP contribution in [-0.4, -0.2) is 19.1 Å². The molecule has 1 heterocycles. The van der Waals surface area contributed by atoms with E-state index in [-0.39, 0.29) is 11.9 Å². The van der Waals surface area contributed by atoms with Gasteiger partial charge < -0.3 is 21.1 Å². The molecule has 5 nitrogen and oxygen atoms in total. The lowest BCUT2D eigenvalue weighted by Gasteiger charge is -2.26. The second-order valence-electron chi connectivity index (χ2n) is 3.73. The Morgan fingerprint density at radius 1 is 1.44 bits per heavy atom.